The van der Waals surface area contributed by atoms with Gasteiger partial charge in [-0.25, -0.2) is 4.68 Å². The first kappa shape index (κ1) is 14.1. The van der Waals surface area contributed by atoms with Crippen molar-refractivity contribution in [2.45, 2.75) is 13.0 Å². The number of halogens is 1. The lowest BCUT2D eigenvalue weighted by Crippen LogP contribution is -2.36. The zero-order valence-electron chi connectivity index (χ0n) is 12.0. The van der Waals surface area contributed by atoms with Crippen LogP contribution in [0.2, 0.25) is 0 Å². The molecule has 2 aromatic rings. The number of methoxy groups -OCH3 is 1. The molecule has 110 valence electrons. The Kier molecular flexibility index (Phi) is 3.71. The van der Waals surface area contributed by atoms with Gasteiger partial charge in [-0.1, -0.05) is 24.3 Å². The zero-order chi connectivity index (χ0) is 15.0. The molecular weight excluding hydrogens is 334 g/mol. The standard InChI is InChI=1S/C15H16BrN3O2/c1-18-15(21-2)12(16)13(17-18)14(20)19-8-7-10-5-3-4-6-11(10)9-19/h3-6H,7-9H2,1-2H3. The maximum atomic E-state index is 12.7. The van der Waals surface area contributed by atoms with Gasteiger partial charge in [0.1, 0.15) is 4.47 Å². The molecule has 0 spiro atoms. The van der Waals surface area contributed by atoms with Crippen molar-refractivity contribution in [2.75, 3.05) is 13.7 Å². The summed E-state index contributed by atoms with van der Waals surface area (Å²) >= 11 is 3.41. The number of aryl methyl sites for hydroxylation is 1. The molecule has 0 bridgehead atoms. The summed E-state index contributed by atoms with van der Waals surface area (Å²) in [6, 6.07) is 8.24. The van der Waals surface area contributed by atoms with Crippen molar-refractivity contribution >= 4 is 21.8 Å². The van der Waals surface area contributed by atoms with Crippen molar-refractivity contribution in [1.82, 2.24) is 14.7 Å². The van der Waals surface area contributed by atoms with Crippen LogP contribution in [-0.2, 0) is 20.0 Å². The smallest absolute Gasteiger partial charge is 0.276 e. The zero-order valence-corrected chi connectivity index (χ0v) is 13.6. The molecule has 1 amide bonds. The van der Waals surface area contributed by atoms with E-state index in [0.717, 1.165) is 6.42 Å². The van der Waals surface area contributed by atoms with Gasteiger partial charge in [0.05, 0.1) is 7.11 Å². The predicted octanol–water partition coefficient (Wildman–Crippen LogP) is 2.39. The van der Waals surface area contributed by atoms with Gasteiger partial charge in [0.2, 0.25) is 5.88 Å². The van der Waals surface area contributed by atoms with Gasteiger partial charge in [-0.2, -0.15) is 5.10 Å². The number of hydrogen-bond donors (Lipinski definition) is 0. The fourth-order valence-corrected chi connectivity index (χ4v) is 3.33. The SMILES string of the molecule is COc1c(Br)c(C(=O)N2CCc3ccccc3C2)nn1C. The monoisotopic (exact) mass is 349 g/mol. The van der Waals surface area contributed by atoms with E-state index in [9.17, 15) is 4.79 Å². The molecule has 0 saturated carbocycles. The number of ether oxygens (including phenoxy) is 1. The van der Waals surface area contributed by atoms with Gasteiger partial charge in [0.15, 0.2) is 5.69 Å². The largest absolute Gasteiger partial charge is 0.480 e. The van der Waals surface area contributed by atoms with Gasteiger partial charge in [-0.05, 0) is 33.5 Å². The van der Waals surface area contributed by atoms with Crippen molar-refractivity contribution in [3.63, 3.8) is 0 Å². The van der Waals surface area contributed by atoms with Gasteiger partial charge < -0.3 is 9.64 Å². The first-order chi connectivity index (χ1) is 10.1. The molecule has 21 heavy (non-hydrogen) atoms. The Bertz CT molecular complexity index is 696. The normalized spacial score (nSPS) is 14.0. The molecule has 0 N–H and O–H groups in total. The number of rotatable bonds is 2. The van der Waals surface area contributed by atoms with E-state index in [1.165, 1.54) is 11.1 Å². The van der Waals surface area contributed by atoms with Crippen LogP contribution >= 0.6 is 15.9 Å². The van der Waals surface area contributed by atoms with Gasteiger partial charge in [0, 0.05) is 20.1 Å². The Balaban J connectivity index is 1.87. The third-order valence-corrected chi connectivity index (χ3v) is 4.47. The van der Waals surface area contributed by atoms with Crippen LogP contribution < -0.4 is 4.74 Å². The van der Waals surface area contributed by atoms with E-state index in [-0.39, 0.29) is 5.91 Å². The van der Waals surface area contributed by atoms with Gasteiger partial charge in [-0.15, -0.1) is 0 Å². The fraction of sp³-hybridized carbons (Fsp3) is 0.333. The number of benzene rings is 1. The maximum absolute atomic E-state index is 12.7. The van der Waals surface area contributed by atoms with Crippen molar-refractivity contribution in [2.24, 2.45) is 7.05 Å². The summed E-state index contributed by atoms with van der Waals surface area (Å²) in [5.41, 5.74) is 2.92. The number of carbonyl (C=O) groups is 1. The first-order valence-corrected chi connectivity index (χ1v) is 7.53. The minimum Gasteiger partial charge on any atom is -0.480 e. The number of hydrogen-bond acceptors (Lipinski definition) is 3. The second-order valence-corrected chi connectivity index (χ2v) is 5.83. The first-order valence-electron chi connectivity index (χ1n) is 6.74. The van der Waals surface area contributed by atoms with Crippen LogP contribution in [-0.4, -0.2) is 34.2 Å². The summed E-state index contributed by atoms with van der Waals surface area (Å²) < 4.78 is 7.41. The molecule has 0 saturated heterocycles. The Morgan fingerprint density at radius 2 is 2.05 bits per heavy atom. The van der Waals surface area contributed by atoms with E-state index in [0.29, 0.717) is 29.1 Å². The van der Waals surface area contributed by atoms with E-state index < -0.39 is 0 Å². The van der Waals surface area contributed by atoms with E-state index in [1.54, 1.807) is 18.8 Å². The summed E-state index contributed by atoms with van der Waals surface area (Å²) in [7, 11) is 3.32. The molecule has 2 heterocycles. The second kappa shape index (κ2) is 5.52. The molecule has 0 atom stereocenters. The third-order valence-electron chi connectivity index (χ3n) is 3.75. The van der Waals surface area contributed by atoms with E-state index in [1.807, 2.05) is 17.0 Å². The molecule has 3 rings (SSSR count). The summed E-state index contributed by atoms with van der Waals surface area (Å²) in [6.07, 6.45) is 0.878. The highest BCUT2D eigenvalue weighted by Crippen LogP contribution is 2.29. The molecule has 6 heteroatoms. The van der Waals surface area contributed by atoms with Crippen molar-refractivity contribution in [3.05, 3.63) is 45.6 Å². The minimum absolute atomic E-state index is 0.0738. The summed E-state index contributed by atoms with van der Waals surface area (Å²) in [5.74, 6) is 0.478. The predicted molar refractivity (Wildman–Crippen MR) is 82.3 cm³/mol. The second-order valence-electron chi connectivity index (χ2n) is 5.04. The van der Waals surface area contributed by atoms with Crippen LogP contribution in [0.5, 0.6) is 5.88 Å². The molecule has 0 unspecified atom stereocenters. The average Bonchev–Trinajstić information content (AvgIpc) is 2.80. The lowest BCUT2D eigenvalue weighted by molar-refractivity contribution is 0.0727. The quantitative estimate of drug-likeness (QED) is 0.836. The van der Waals surface area contributed by atoms with Crippen LogP contribution in [0.1, 0.15) is 21.6 Å². The Hall–Kier alpha value is -1.82. The molecule has 1 aliphatic heterocycles. The Labute approximate surface area is 131 Å². The fourth-order valence-electron chi connectivity index (χ4n) is 2.66. The number of aromatic nitrogens is 2. The number of amides is 1. The highest BCUT2D eigenvalue weighted by atomic mass is 79.9. The van der Waals surface area contributed by atoms with Crippen LogP contribution in [0.4, 0.5) is 0 Å². The molecule has 0 fully saturated rings. The van der Waals surface area contributed by atoms with E-state index in [2.05, 4.69) is 33.2 Å². The lowest BCUT2D eigenvalue weighted by atomic mass is 10.00. The van der Waals surface area contributed by atoms with Crippen molar-refractivity contribution < 1.29 is 9.53 Å². The van der Waals surface area contributed by atoms with Crippen LogP contribution in [0, 0.1) is 0 Å². The molecular formula is C15H16BrN3O2. The average molecular weight is 350 g/mol. The molecule has 1 aromatic carbocycles. The number of nitrogens with zero attached hydrogens (tertiary/aromatic N) is 3. The third kappa shape index (κ3) is 2.44. The van der Waals surface area contributed by atoms with E-state index >= 15 is 0 Å². The summed E-state index contributed by atoms with van der Waals surface area (Å²) in [4.78, 5) is 14.5. The van der Waals surface area contributed by atoms with Gasteiger partial charge >= 0.3 is 0 Å². The maximum Gasteiger partial charge on any atom is 0.276 e. The lowest BCUT2D eigenvalue weighted by Gasteiger charge is -2.28. The molecule has 0 radical (unpaired) electrons. The number of fused-ring (bicyclic) bond motifs is 1. The molecule has 1 aromatic heterocycles. The molecule has 0 aliphatic carbocycles. The topological polar surface area (TPSA) is 47.4 Å². The minimum atomic E-state index is -0.0738. The summed E-state index contributed by atoms with van der Waals surface area (Å²) in [6.45, 7) is 1.33. The highest BCUT2D eigenvalue weighted by Gasteiger charge is 2.27. The Morgan fingerprint density at radius 1 is 1.33 bits per heavy atom. The Morgan fingerprint density at radius 3 is 2.71 bits per heavy atom. The summed E-state index contributed by atoms with van der Waals surface area (Å²) in [5, 5.41) is 4.27. The van der Waals surface area contributed by atoms with Gasteiger partial charge in [-0.3, -0.25) is 4.79 Å². The van der Waals surface area contributed by atoms with Crippen LogP contribution in [0.3, 0.4) is 0 Å². The molecule has 5 nitrogen and oxygen atoms in total. The highest BCUT2D eigenvalue weighted by molar-refractivity contribution is 9.10. The van der Waals surface area contributed by atoms with Crippen LogP contribution in [0.15, 0.2) is 28.7 Å². The van der Waals surface area contributed by atoms with Crippen LogP contribution in [0.25, 0.3) is 0 Å². The van der Waals surface area contributed by atoms with Crippen molar-refractivity contribution in [1.29, 1.82) is 0 Å². The molecule has 1 aliphatic rings. The van der Waals surface area contributed by atoms with Gasteiger partial charge in [0.25, 0.3) is 5.91 Å². The number of carbonyl (C=O) groups excluding carboxylic acids is 1. The van der Waals surface area contributed by atoms with Crippen molar-refractivity contribution in [3.8, 4) is 5.88 Å². The van der Waals surface area contributed by atoms with E-state index in [4.69, 9.17) is 4.74 Å².